The molecule has 1 aliphatic rings. The van der Waals surface area contributed by atoms with Crippen LogP contribution in [-0.4, -0.2) is 6.04 Å². The number of hydrogen-bond acceptors (Lipinski definition) is 3. The van der Waals surface area contributed by atoms with Crippen LogP contribution in [0.15, 0.2) is 12.1 Å². The van der Waals surface area contributed by atoms with E-state index in [4.69, 9.17) is 5.26 Å². The zero-order chi connectivity index (χ0) is 10.7. The summed E-state index contributed by atoms with van der Waals surface area (Å²) >= 11 is 1.59. The van der Waals surface area contributed by atoms with Gasteiger partial charge in [0.1, 0.15) is 10.9 Å². The van der Waals surface area contributed by atoms with Crippen molar-refractivity contribution in [2.75, 3.05) is 0 Å². The second-order valence-electron chi connectivity index (χ2n) is 4.15. The maximum absolute atomic E-state index is 8.69. The summed E-state index contributed by atoms with van der Waals surface area (Å²) in [6, 6.07) is 6.85. The number of hydrogen-bond donors (Lipinski definition) is 1. The van der Waals surface area contributed by atoms with Gasteiger partial charge in [-0.05, 0) is 30.9 Å². The first kappa shape index (κ1) is 13.5. The average molecular weight is 257 g/mol. The Kier molecular flexibility index (Phi) is 5.27. The van der Waals surface area contributed by atoms with Crippen LogP contribution in [0.25, 0.3) is 0 Å². The van der Waals surface area contributed by atoms with Gasteiger partial charge in [0.05, 0.1) is 0 Å². The molecule has 4 heteroatoms. The predicted octanol–water partition coefficient (Wildman–Crippen LogP) is 3.32. The van der Waals surface area contributed by atoms with Crippen molar-refractivity contribution in [3.8, 4) is 6.07 Å². The normalized spacial score (nSPS) is 22.2. The lowest BCUT2D eigenvalue weighted by Crippen LogP contribution is -2.16. The molecule has 1 heterocycles. The van der Waals surface area contributed by atoms with Crippen molar-refractivity contribution in [3.05, 3.63) is 21.9 Å². The topological polar surface area (TPSA) is 35.8 Å². The molecule has 0 spiro atoms. The van der Waals surface area contributed by atoms with Gasteiger partial charge in [-0.25, -0.2) is 0 Å². The van der Waals surface area contributed by atoms with Crippen molar-refractivity contribution < 1.29 is 0 Å². The van der Waals surface area contributed by atoms with Crippen LogP contribution in [0, 0.1) is 17.2 Å². The molecule has 0 aliphatic heterocycles. The second-order valence-corrected chi connectivity index (χ2v) is 5.32. The molecule has 0 amide bonds. The maximum Gasteiger partial charge on any atom is 0.110 e. The Bertz CT molecular complexity index is 369. The molecular weight excluding hydrogens is 240 g/mol. The van der Waals surface area contributed by atoms with Gasteiger partial charge in [0, 0.05) is 17.5 Å². The lowest BCUT2D eigenvalue weighted by Gasteiger charge is -2.00. The summed E-state index contributed by atoms with van der Waals surface area (Å²) in [5.41, 5.74) is 0. The lowest BCUT2D eigenvalue weighted by molar-refractivity contribution is 0.602. The first-order valence-electron chi connectivity index (χ1n) is 5.55. The van der Waals surface area contributed by atoms with Gasteiger partial charge in [0.15, 0.2) is 0 Å². The molecule has 1 aromatic heterocycles. The largest absolute Gasteiger partial charge is 0.309 e. The van der Waals surface area contributed by atoms with Gasteiger partial charge >= 0.3 is 0 Å². The number of nitriles is 1. The molecule has 2 unspecified atom stereocenters. The predicted molar refractivity (Wildman–Crippen MR) is 69.9 cm³/mol. The van der Waals surface area contributed by atoms with E-state index in [1.54, 1.807) is 11.3 Å². The third-order valence-corrected chi connectivity index (χ3v) is 3.88. The lowest BCUT2D eigenvalue weighted by atomic mass is 10.2. The van der Waals surface area contributed by atoms with Crippen molar-refractivity contribution >= 4 is 23.7 Å². The SMILES string of the molecule is CCCC1CC1NCc1ccc(C#N)s1.Cl. The molecule has 88 valence electrons. The number of nitrogens with zero attached hydrogens (tertiary/aromatic N) is 1. The van der Waals surface area contributed by atoms with Crippen molar-refractivity contribution in [1.82, 2.24) is 5.32 Å². The smallest absolute Gasteiger partial charge is 0.110 e. The zero-order valence-corrected chi connectivity index (χ0v) is 11.0. The molecular formula is C12H17ClN2S. The van der Waals surface area contributed by atoms with Crippen molar-refractivity contribution in [3.63, 3.8) is 0 Å². The highest BCUT2D eigenvalue weighted by Gasteiger charge is 2.35. The quantitative estimate of drug-likeness (QED) is 0.877. The first-order chi connectivity index (χ1) is 7.33. The van der Waals surface area contributed by atoms with Gasteiger partial charge in [-0.15, -0.1) is 23.7 Å². The van der Waals surface area contributed by atoms with Crippen LogP contribution in [0.4, 0.5) is 0 Å². The number of nitrogens with one attached hydrogen (secondary N) is 1. The summed E-state index contributed by atoms with van der Waals surface area (Å²) in [4.78, 5) is 2.08. The fourth-order valence-electron chi connectivity index (χ4n) is 1.95. The molecule has 16 heavy (non-hydrogen) atoms. The maximum atomic E-state index is 8.69. The van der Waals surface area contributed by atoms with E-state index in [9.17, 15) is 0 Å². The Balaban J connectivity index is 0.00000128. The molecule has 1 saturated carbocycles. The van der Waals surface area contributed by atoms with E-state index < -0.39 is 0 Å². The zero-order valence-electron chi connectivity index (χ0n) is 9.40. The summed E-state index contributed by atoms with van der Waals surface area (Å²) in [5.74, 6) is 0.908. The highest BCUT2D eigenvalue weighted by atomic mass is 35.5. The summed E-state index contributed by atoms with van der Waals surface area (Å²) < 4.78 is 0. The standard InChI is InChI=1S/C12H16N2S.ClH/c1-2-3-9-6-12(9)14-8-11-5-4-10(7-13)15-11;/h4-5,9,12,14H,2-3,6,8H2,1H3;1H. The van der Waals surface area contributed by atoms with Crippen LogP contribution in [0.3, 0.4) is 0 Å². The van der Waals surface area contributed by atoms with Crippen LogP contribution >= 0.6 is 23.7 Å². The van der Waals surface area contributed by atoms with Gasteiger partial charge in [-0.1, -0.05) is 13.3 Å². The van der Waals surface area contributed by atoms with Crippen molar-refractivity contribution in [1.29, 1.82) is 5.26 Å². The van der Waals surface area contributed by atoms with Gasteiger partial charge in [-0.3, -0.25) is 0 Å². The minimum Gasteiger partial charge on any atom is -0.309 e. The van der Waals surface area contributed by atoms with Gasteiger partial charge in [0.2, 0.25) is 0 Å². The minimum absolute atomic E-state index is 0. The van der Waals surface area contributed by atoms with E-state index in [1.165, 1.54) is 24.1 Å². The molecule has 1 N–H and O–H groups in total. The Hall–Kier alpha value is -0.560. The second kappa shape index (κ2) is 6.24. The van der Waals surface area contributed by atoms with Gasteiger partial charge < -0.3 is 5.32 Å². The fraction of sp³-hybridized carbons (Fsp3) is 0.583. The van der Waals surface area contributed by atoms with Crippen LogP contribution in [0.1, 0.15) is 35.9 Å². The van der Waals surface area contributed by atoms with E-state index >= 15 is 0 Å². The average Bonchev–Trinajstić information content (AvgIpc) is 2.82. The van der Waals surface area contributed by atoms with Crippen molar-refractivity contribution in [2.45, 2.75) is 38.8 Å². The Morgan fingerprint density at radius 2 is 2.38 bits per heavy atom. The number of thiophene rings is 1. The highest BCUT2D eigenvalue weighted by Crippen LogP contribution is 2.34. The van der Waals surface area contributed by atoms with Crippen LogP contribution in [0.5, 0.6) is 0 Å². The molecule has 2 nitrogen and oxygen atoms in total. The minimum atomic E-state index is 0. The molecule has 2 atom stereocenters. The molecule has 2 rings (SSSR count). The molecule has 0 aromatic carbocycles. The summed E-state index contributed by atoms with van der Waals surface area (Å²) in [6.45, 7) is 3.17. The van der Waals surface area contributed by atoms with E-state index in [-0.39, 0.29) is 12.4 Å². The van der Waals surface area contributed by atoms with E-state index in [0.29, 0.717) is 0 Å². The number of halogens is 1. The van der Waals surface area contributed by atoms with E-state index in [0.717, 1.165) is 23.4 Å². The highest BCUT2D eigenvalue weighted by molar-refractivity contribution is 7.12. The first-order valence-corrected chi connectivity index (χ1v) is 6.37. The molecule has 1 aliphatic carbocycles. The summed E-state index contributed by atoms with van der Waals surface area (Å²) in [5, 5.41) is 12.2. The fourth-order valence-corrected chi connectivity index (χ4v) is 2.71. The molecule has 1 fully saturated rings. The molecule has 0 radical (unpaired) electrons. The molecule has 0 saturated heterocycles. The summed E-state index contributed by atoms with van der Waals surface area (Å²) in [7, 11) is 0. The van der Waals surface area contributed by atoms with Gasteiger partial charge in [-0.2, -0.15) is 5.26 Å². The number of rotatable bonds is 5. The van der Waals surface area contributed by atoms with Crippen LogP contribution in [0.2, 0.25) is 0 Å². The van der Waals surface area contributed by atoms with E-state index in [1.807, 2.05) is 12.1 Å². The monoisotopic (exact) mass is 256 g/mol. The third-order valence-electron chi connectivity index (χ3n) is 2.89. The summed E-state index contributed by atoms with van der Waals surface area (Å²) in [6.07, 6.45) is 3.98. The molecule has 1 aromatic rings. The van der Waals surface area contributed by atoms with Crippen molar-refractivity contribution in [2.24, 2.45) is 5.92 Å². The third kappa shape index (κ3) is 3.48. The Morgan fingerprint density at radius 3 is 3.00 bits per heavy atom. The van der Waals surface area contributed by atoms with Crippen LogP contribution in [-0.2, 0) is 6.54 Å². The van der Waals surface area contributed by atoms with Crippen LogP contribution < -0.4 is 5.32 Å². The van der Waals surface area contributed by atoms with E-state index in [2.05, 4.69) is 18.3 Å². The Morgan fingerprint density at radius 1 is 1.56 bits per heavy atom. The molecule has 0 bridgehead atoms. The van der Waals surface area contributed by atoms with Gasteiger partial charge in [0.25, 0.3) is 0 Å². The Labute approximate surface area is 107 Å².